The minimum Gasteiger partial charge on any atom is -0.300 e. The molecule has 0 fully saturated rings. The van der Waals surface area contributed by atoms with Crippen molar-refractivity contribution in [3.05, 3.63) is 6.92 Å². The van der Waals surface area contributed by atoms with Gasteiger partial charge in [-0.05, 0) is 6.42 Å². The van der Waals surface area contributed by atoms with E-state index in [-0.39, 0.29) is 0 Å². The van der Waals surface area contributed by atoms with Gasteiger partial charge in [0, 0.05) is 0 Å². The van der Waals surface area contributed by atoms with E-state index in [0.717, 1.165) is 0 Å². The van der Waals surface area contributed by atoms with Crippen LogP contribution < -0.4 is 0 Å². The van der Waals surface area contributed by atoms with Crippen LogP contribution in [0.15, 0.2) is 0 Å². The maximum absolute atomic E-state index is 11.9. The lowest BCUT2D eigenvalue weighted by Gasteiger charge is -1.94. The Bertz CT molecular complexity index is 63.5. The first-order chi connectivity index (χ1) is 3.81. The Morgan fingerprint density at radius 3 is 2.75 bits per heavy atom. The highest BCUT2D eigenvalue weighted by molar-refractivity contribution is 5.55. The zero-order chi connectivity index (χ0) is 6.41. The summed E-state index contributed by atoms with van der Waals surface area (Å²) < 4.78 is 11.9. The molecule has 0 aliphatic rings. The first-order valence-electron chi connectivity index (χ1n) is 2.70. The van der Waals surface area contributed by atoms with Gasteiger partial charge in [-0.3, -0.25) is 0 Å². The summed E-state index contributed by atoms with van der Waals surface area (Å²) in [5, 5.41) is 0. The molecule has 1 nitrogen and oxygen atoms in total. The molecule has 0 saturated heterocycles. The summed E-state index contributed by atoms with van der Waals surface area (Å²) in [6.45, 7) is 3.51. The molecule has 0 aromatic rings. The zero-order valence-corrected chi connectivity index (χ0v) is 4.77. The average Bonchev–Trinajstić information content (AvgIpc) is 1.83. The fourth-order valence-corrected chi connectivity index (χ4v) is 0.407. The number of alkyl halides is 1. The third-order valence-corrected chi connectivity index (χ3v) is 0.878. The number of unbranched alkanes of at least 4 members (excludes halogenated alkanes) is 1. The topological polar surface area (TPSA) is 17.1 Å². The number of rotatable bonds is 4. The van der Waals surface area contributed by atoms with Gasteiger partial charge < -0.3 is 4.79 Å². The lowest BCUT2D eigenvalue weighted by Crippen LogP contribution is -1.99. The minimum atomic E-state index is -1.27. The van der Waals surface area contributed by atoms with E-state index in [9.17, 15) is 9.18 Å². The maximum Gasteiger partial charge on any atom is 0.155 e. The van der Waals surface area contributed by atoms with Crippen molar-refractivity contribution in [1.29, 1.82) is 0 Å². The molecule has 2 heteroatoms. The molecule has 0 aromatic heterocycles. The van der Waals surface area contributed by atoms with Gasteiger partial charge in [0.15, 0.2) is 12.5 Å². The van der Waals surface area contributed by atoms with E-state index >= 15 is 0 Å². The van der Waals surface area contributed by atoms with Gasteiger partial charge in [-0.25, -0.2) is 4.39 Å². The van der Waals surface area contributed by atoms with Crippen molar-refractivity contribution in [3.63, 3.8) is 0 Å². The summed E-state index contributed by atoms with van der Waals surface area (Å²) in [5.41, 5.74) is 0. The largest absolute Gasteiger partial charge is 0.300 e. The molecule has 0 spiro atoms. The van der Waals surface area contributed by atoms with Crippen LogP contribution in [0.3, 0.4) is 0 Å². The molecular formula is C6H10FO. The summed E-state index contributed by atoms with van der Waals surface area (Å²) in [4.78, 5) is 9.62. The Morgan fingerprint density at radius 2 is 2.38 bits per heavy atom. The summed E-state index contributed by atoms with van der Waals surface area (Å²) in [5.74, 6) is 0. The van der Waals surface area contributed by atoms with Gasteiger partial charge in [-0.15, -0.1) is 0 Å². The molecular weight excluding hydrogens is 107 g/mol. The monoisotopic (exact) mass is 117 g/mol. The smallest absolute Gasteiger partial charge is 0.155 e. The fourth-order valence-electron chi connectivity index (χ4n) is 0.407. The van der Waals surface area contributed by atoms with Crippen LogP contribution in [0.5, 0.6) is 0 Å². The van der Waals surface area contributed by atoms with Gasteiger partial charge in [0.25, 0.3) is 0 Å². The molecule has 0 bridgehead atoms. The highest BCUT2D eigenvalue weighted by Gasteiger charge is 2.00. The molecule has 1 unspecified atom stereocenters. The van der Waals surface area contributed by atoms with E-state index in [1.54, 1.807) is 0 Å². The van der Waals surface area contributed by atoms with Crippen LogP contribution >= 0.6 is 0 Å². The number of halogens is 1. The number of carbonyl (C=O) groups is 1. The zero-order valence-electron chi connectivity index (χ0n) is 4.77. The Kier molecular flexibility index (Phi) is 4.51. The maximum atomic E-state index is 11.9. The Labute approximate surface area is 48.9 Å². The van der Waals surface area contributed by atoms with E-state index in [2.05, 4.69) is 6.92 Å². The number of hydrogen-bond acceptors (Lipinski definition) is 1. The van der Waals surface area contributed by atoms with E-state index in [4.69, 9.17) is 0 Å². The van der Waals surface area contributed by atoms with Crippen LogP contribution in [0.4, 0.5) is 4.39 Å². The lowest BCUT2D eigenvalue weighted by atomic mass is 10.2. The standard InChI is InChI=1S/C6H10FO/c1-2-3-4-6(7)5-8/h5-6H,1-4H2. The summed E-state index contributed by atoms with van der Waals surface area (Å²) in [7, 11) is 0. The molecule has 0 aliphatic heterocycles. The van der Waals surface area contributed by atoms with Crippen molar-refractivity contribution in [3.8, 4) is 0 Å². The average molecular weight is 117 g/mol. The summed E-state index contributed by atoms with van der Waals surface area (Å²) >= 11 is 0. The summed E-state index contributed by atoms with van der Waals surface area (Å²) in [6, 6.07) is 0. The molecule has 0 amide bonds. The molecule has 0 rings (SSSR count). The van der Waals surface area contributed by atoms with Crippen molar-refractivity contribution in [2.24, 2.45) is 0 Å². The highest BCUT2D eigenvalue weighted by atomic mass is 19.1. The van der Waals surface area contributed by atoms with Crippen molar-refractivity contribution in [1.82, 2.24) is 0 Å². The predicted octanol–water partition coefficient (Wildman–Crippen LogP) is 1.53. The number of hydrogen-bond donors (Lipinski definition) is 0. The fraction of sp³-hybridized carbons (Fsp3) is 0.667. The van der Waals surface area contributed by atoms with Gasteiger partial charge in [0.1, 0.15) is 0 Å². The molecule has 8 heavy (non-hydrogen) atoms. The van der Waals surface area contributed by atoms with Crippen molar-refractivity contribution < 1.29 is 9.18 Å². The molecule has 0 N–H and O–H groups in total. The first-order valence-corrected chi connectivity index (χ1v) is 2.70. The molecule has 1 radical (unpaired) electrons. The van der Waals surface area contributed by atoms with Crippen LogP contribution in [0.25, 0.3) is 0 Å². The van der Waals surface area contributed by atoms with Gasteiger partial charge in [-0.2, -0.15) is 0 Å². The minimum absolute atomic E-state index is 0.326. The summed E-state index contributed by atoms with van der Waals surface area (Å²) in [6.07, 6.45) is 0.786. The third-order valence-electron chi connectivity index (χ3n) is 0.878. The van der Waals surface area contributed by atoms with Crippen LogP contribution in [-0.2, 0) is 4.79 Å². The van der Waals surface area contributed by atoms with Crippen LogP contribution in [-0.4, -0.2) is 12.5 Å². The SMILES string of the molecule is [CH2]CCCC(F)C=O. The van der Waals surface area contributed by atoms with Gasteiger partial charge >= 0.3 is 0 Å². The molecule has 0 heterocycles. The lowest BCUT2D eigenvalue weighted by molar-refractivity contribution is -0.112. The number of carbonyl (C=O) groups excluding carboxylic acids is 1. The van der Waals surface area contributed by atoms with E-state index in [1.165, 1.54) is 0 Å². The highest BCUT2D eigenvalue weighted by Crippen LogP contribution is 2.00. The molecule has 0 saturated carbocycles. The molecule has 47 valence electrons. The van der Waals surface area contributed by atoms with E-state index in [0.29, 0.717) is 25.5 Å². The second-order valence-electron chi connectivity index (χ2n) is 1.65. The quantitative estimate of drug-likeness (QED) is 0.510. The van der Waals surface area contributed by atoms with E-state index < -0.39 is 6.17 Å². The van der Waals surface area contributed by atoms with Crippen molar-refractivity contribution >= 4 is 6.29 Å². The molecule has 0 aliphatic carbocycles. The second-order valence-corrected chi connectivity index (χ2v) is 1.65. The van der Waals surface area contributed by atoms with Gasteiger partial charge in [0.05, 0.1) is 0 Å². The Morgan fingerprint density at radius 1 is 1.75 bits per heavy atom. The molecule has 1 atom stereocenters. The van der Waals surface area contributed by atoms with E-state index in [1.807, 2.05) is 0 Å². The Hall–Kier alpha value is -0.400. The normalized spacial score (nSPS) is 13.2. The number of aldehydes is 1. The van der Waals surface area contributed by atoms with Crippen molar-refractivity contribution in [2.45, 2.75) is 25.4 Å². The molecule has 0 aromatic carbocycles. The predicted molar refractivity (Wildman–Crippen MR) is 30.2 cm³/mol. The third kappa shape index (κ3) is 3.78. The van der Waals surface area contributed by atoms with Crippen LogP contribution in [0, 0.1) is 6.92 Å². The van der Waals surface area contributed by atoms with Crippen LogP contribution in [0.2, 0.25) is 0 Å². The van der Waals surface area contributed by atoms with Gasteiger partial charge in [0.2, 0.25) is 0 Å². The Balaban J connectivity index is 2.98. The van der Waals surface area contributed by atoms with Gasteiger partial charge in [-0.1, -0.05) is 19.8 Å². The second kappa shape index (κ2) is 4.75. The van der Waals surface area contributed by atoms with Crippen molar-refractivity contribution in [2.75, 3.05) is 0 Å². The van der Waals surface area contributed by atoms with Crippen LogP contribution in [0.1, 0.15) is 19.3 Å². The first kappa shape index (κ1) is 7.60.